The minimum Gasteiger partial charge on any atom is -0.393 e. The highest BCUT2D eigenvalue weighted by atomic mass is 16.1. The van der Waals surface area contributed by atoms with Gasteiger partial charge in [-0.15, -0.1) is 0 Å². The minimum absolute atomic E-state index is 0.0482. The van der Waals surface area contributed by atoms with Crippen molar-refractivity contribution in [1.82, 2.24) is 15.0 Å². The van der Waals surface area contributed by atoms with Crippen molar-refractivity contribution in [2.45, 2.75) is 0 Å². The molecule has 2 aromatic heterocycles. The van der Waals surface area contributed by atoms with E-state index in [9.17, 15) is 9.59 Å². The molecule has 0 atom stereocenters. The van der Waals surface area contributed by atoms with Crippen molar-refractivity contribution in [1.29, 1.82) is 0 Å². The molecule has 0 aliphatic heterocycles. The van der Waals surface area contributed by atoms with Gasteiger partial charge in [0.2, 0.25) is 11.5 Å². The fourth-order valence-corrected chi connectivity index (χ4v) is 1.09. The van der Waals surface area contributed by atoms with E-state index < -0.39 is 5.56 Å². The van der Waals surface area contributed by atoms with Crippen LogP contribution in [0, 0.1) is 0 Å². The van der Waals surface area contributed by atoms with Crippen LogP contribution in [0.15, 0.2) is 34.1 Å². The van der Waals surface area contributed by atoms with E-state index in [1.807, 2.05) is 0 Å². The van der Waals surface area contributed by atoms with Crippen LogP contribution in [-0.2, 0) is 0 Å². The largest absolute Gasteiger partial charge is 0.393 e. The van der Waals surface area contributed by atoms with Crippen LogP contribution in [0.5, 0.6) is 0 Å². The van der Waals surface area contributed by atoms with Crippen LogP contribution in [0.3, 0.4) is 0 Å². The van der Waals surface area contributed by atoms with Crippen LogP contribution in [0.4, 0.5) is 17.3 Å². The number of aromatic nitrogens is 3. The molecule has 7 nitrogen and oxygen atoms in total. The third-order valence-electron chi connectivity index (χ3n) is 1.87. The lowest BCUT2D eigenvalue weighted by molar-refractivity contribution is 1.12. The molecule has 0 aromatic carbocycles. The number of nitrogens with two attached hydrogens (primary N) is 1. The van der Waals surface area contributed by atoms with Crippen molar-refractivity contribution in [3.8, 4) is 0 Å². The molecule has 0 unspecified atom stereocenters. The first-order valence-corrected chi connectivity index (χ1v) is 4.46. The predicted molar refractivity (Wildman–Crippen MR) is 59.6 cm³/mol. The maximum atomic E-state index is 11.2. The van der Waals surface area contributed by atoms with Gasteiger partial charge in [-0.05, 0) is 6.07 Å². The number of H-pyrrole nitrogens is 2. The first-order valence-electron chi connectivity index (χ1n) is 4.46. The summed E-state index contributed by atoms with van der Waals surface area (Å²) in [5.41, 5.74) is 5.35. The normalized spacial score (nSPS) is 10.0. The van der Waals surface area contributed by atoms with E-state index in [0.717, 1.165) is 0 Å². The van der Waals surface area contributed by atoms with Gasteiger partial charge < -0.3 is 16.0 Å². The number of aromatic amines is 2. The van der Waals surface area contributed by atoms with E-state index >= 15 is 0 Å². The molecular formula is C9H9N5O2. The van der Waals surface area contributed by atoms with E-state index in [-0.39, 0.29) is 17.2 Å². The van der Waals surface area contributed by atoms with E-state index in [2.05, 4.69) is 20.3 Å². The summed E-state index contributed by atoms with van der Waals surface area (Å²) in [5, 5.41) is 2.81. The van der Waals surface area contributed by atoms with Crippen LogP contribution in [0.2, 0.25) is 0 Å². The molecule has 2 rings (SSSR count). The van der Waals surface area contributed by atoms with Crippen molar-refractivity contribution < 1.29 is 0 Å². The Morgan fingerprint density at radius 2 is 2.12 bits per heavy atom. The summed E-state index contributed by atoms with van der Waals surface area (Å²) in [5.74, 6) is 0.256. The lowest BCUT2D eigenvalue weighted by atomic mass is 10.4. The van der Waals surface area contributed by atoms with Crippen LogP contribution < -0.4 is 22.2 Å². The molecule has 0 radical (unpaired) electrons. The minimum atomic E-state index is -0.415. The molecule has 0 aliphatic carbocycles. The molecule has 0 fully saturated rings. The van der Waals surface area contributed by atoms with E-state index in [1.165, 1.54) is 18.5 Å². The Balaban J connectivity index is 2.27. The molecule has 0 amide bonds. The van der Waals surface area contributed by atoms with E-state index in [1.54, 1.807) is 6.07 Å². The number of nitrogens with one attached hydrogen (secondary N) is 3. The lowest BCUT2D eigenvalue weighted by Gasteiger charge is -2.03. The Bertz CT molecular complexity index is 595. The second-order valence-electron chi connectivity index (χ2n) is 3.08. The summed E-state index contributed by atoms with van der Waals surface area (Å²) in [7, 11) is 0. The molecule has 16 heavy (non-hydrogen) atoms. The maximum absolute atomic E-state index is 11.2. The molecule has 2 heterocycles. The zero-order valence-corrected chi connectivity index (χ0v) is 8.15. The molecule has 2 aromatic rings. The van der Waals surface area contributed by atoms with Gasteiger partial charge in [-0.25, -0.2) is 4.98 Å². The van der Waals surface area contributed by atoms with Gasteiger partial charge in [0.05, 0.1) is 11.9 Å². The quantitative estimate of drug-likeness (QED) is 0.557. The van der Waals surface area contributed by atoms with Crippen molar-refractivity contribution >= 4 is 17.3 Å². The van der Waals surface area contributed by atoms with Crippen LogP contribution >= 0.6 is 0 Å². The Kier molecular flexibility index (Phi) is 2.42. The van der Waals surface area contributed by atoms with Crippen molar-refractivity contribution in [2.24, 2.45) is 0 Å². The highest BCUT2D eigenvalue weighted by molar-refractivity contribution is 5.51. The Hall–Kier alpha value is -2.57. The summed E-state index contributed by atoms with van der Waals surface area (Å²) < 4.78 is 0. The summed E-state index contributed by atoms with van der Waals surface area (Å²) in [6.07, 6.45) is 2.73. The number of anilines is 3. The van der Waals surface area contributed by atoms with Crippen molar-refractivity contribution in [3.05, 3.63) is 45.2 Å². The van der Waals surface area contributed by atoms with E-state index in [4.69, 9.17) is 5.73 Å². The van der Waals surface area contributed by atoms with Gasteiger partial charge in [-0.2, -0.15) is 0 Å². The van der Waals surface area contributed by atoms with Crippen LogP contribution in [-0.4, -0.2) is 15.0 Å². The average molecular weight is 219 g/mol. The molecule has 0 bridgehead atoms. The standard InChI is InChI=1S/C9H9N5O2/c10-6-4-12-9(14-8(6)16)13-5-1-2-7(15)11-3-5/h1-4H,10H2,(H,11,15)(H2,12,13,14,16). The molecule has 5 N–H and O–H groups in total. The fraction of sp³-hybridized carbons (Fsp3) is 0. The first-order chi connectivity index (χ1) is 7.65. The topological polar surface area (TPSA) is 117 Å². The third-order valence-corrected chi connectivity index (χ3v) is 1.87. The smallest absolute Gasteiger partial charge is 0.275 e. The number of hydrogen-bond acceptors (Lipinski definition) is 5. The first kappa shape index (κ1) is 9.97. The maximum Gasteiger partial charge on any atom is 0.275 e. The molecule has 0 aliphatic rings. The average Bonchev–Trinajstić information content (AvgIpc) is 2.27. The highest BCUT2D eigenvalue weighted by Crippen LogP contribution is 2.07. The molecule has 0 spiro atoms. The van der Waals surface area contributed by atoms with Gasteiger partial charge in [0, 0.05) is 12.3 Å². The van der Waals surface area contributed by atoms with Gasteiger partial charge in [0.15, 0.2) is 0 Å². The predicted octanol–water partition coefficient (Wildman–Crippen LogP) is -0.216. The summed E-state index contributed by atoms with van der Waals surface area (Å²) in [4.78, 5) is 30.8. The molecule has 82 valence electrons. The van der Waals surface area contributed by atoms with Gasteiger partial charge in [-0.3, -0.25) is 14.6 Å². The molecule has 7 heteroatoms. The van der Waals surface area contributed by atoms with E-state index in [0.29, 0.717) is 5.69 Å². The van der Waals surface area contributed by atoms with Crippen LogP contribution in [0.25, 0.3) is 0 Å². The Morgan fingerprint density at radius 3 is 2.75 bits per heavy atom. The number of pyridine rings is 1. The summed E-state index contributed by atoms with van der Waals surface area (Å²) in [6, 6.07) is 2.92. The summed E-state index contributed by atoms with van der Waals surface area (Å²) >= 11 is 0. The van der Waals surface area contributed by atoms with Crippen molar-refractivity contribution in [3.63, 3.8) is 0 Å². The third kappa shape index (κ3) is 2.08. The molecule has 0 saturated heterocycles. The lowest BCUT2D eigenvalue weighted by Crippen LogP contribution is -2.14. The van der Waals surface area contributed by atoms with Gasteiger partial charge >= 0.3 is 0 Å². The SMILES string of the molecule is Nc1cnc(Nc2ccc(=O)[nH]c2)[nH]c1=O. The molecular weight excluding hydrogens is 210 g/mol. The fourth-order valence-electron chi connectivity index (χ4n) is 1.09. The van der Waals surface area contributed by atoms with Gasteiger partial charge in [0.25, 0.3) is 5.56 Å². The Labute approximate surface area is 89.4 Å². The summed E-state index contributed by atoms with van der Waals surface area (Å²) in [6.45, 7) is 0. The Morgan fingerprint density at radius 1 is 1.31 bits per heavy atom. The van der Waals surface area contributed by atoms with Gasteiger partial charge in [0.1, 0.15) is 5.69 Å². The number of hydrogen-bond donors (Lipinski definition) is 4. The highest BCUT2D eigenvalue weighted by Gasteiger charge is 1.99. The van der Waals surface area contributed by atoms with Crippen molar-refractivity contribution in [2.75, 3.05) is 11.1 Å². The number of nitrogen functional groups attached to an aromatic ring is 1. The zero-order chi connectivity index (χ0) is 11.5. The monoisotopic (exact) mass is 219 g/mol. The number of nitrogens with zero attached hydrogens (tertiary/aromatic N) is 1. The number of rotatable bonds is 2. The second kappa shape index (κ2) is 3.89. The second-order valence-corrected chi connectivity index (χ2v) is 3.08. The van der Waals surface area contributed by atoms with Gasteiger partial charge in [-0.1, -0.05) is 0 Å². The van der Waals surface area contributed by atoms with Crippen LogP contribution in [0.1, 0.15) is 0 Å². The molecule has 0 saturated carbocycles. The zero-order valence-electron chi connectivity index (χ0n) is 8.15.